The maximum atomic E-state index is 11.3. The number of nitrogens with two attached hydrogens (primary N) is 1. The topological polar surface area (TPSA) is 58.4 Å². The molecule has 2 atom stereocenters. The van der Waals surface area contributed by atoms with E-state index in [1.807, 2.05) is 6.92 Å². The van der Waals surface area contributed by atoms with E-state index in [0.717, 1.165) is 6.54 Å². The summed E-state index contributed by atoms with van der Waals surface area (Å²) in [6, 6.07) is -0.213. The Kier molecular flexibility index (Phi) is 11.3. The number of rotatable bonds is 4. The van der Waals surface area contributed by atoms with Crippen molar-refractivity contribution in [2.24, 2.45) is 5.73 Å². The standard InChI is InChI=1S/C11H23N3O.2ClH/c1-9(13-11(15)10(2)12)8-14-6-4-3-5-7-14;;/h9-10H,3-8,12H2,1-2H3,(H,13,15);2*1H/t9?,10-;;/m0../s1. The third-order valence-electron chi connectivity index (χ3n) is 2.78. The highest BCUT2D eigenvalue weighted by atomic mass is 35.5. The number of hydrogen-bond acceptors (Lipinski definition) is 3. The van der Waals surface area contributed by atoms with Crippen molar-refractivity contribution < 1.29 is 4.79 Å². The summed E-state index contributed by atoms with van der Waals surface area (Å²) in [7, 11) is 0. The lowest BCUT2D eigenvalue weighted by Gasteiger charge is -2.29. The molecule has 1 unspecified atom stereocenters. The predicted octanol–water partition coefficient (Wildman–Crippen LogP) is 1.17. The van der Waals surface area contributed by atoms with E-state index in [-0.39, 0.29) is 36.8 Å². The highest BCUT2D eigenvalue weighted by molar-refractivity contribution is 5.85. The number of piperidine rings is 1. The zero-order chi connectivity index (χ0) is 11.3. The minimum Gasteiger partial charge on any atom is -0.351 e. The second-order valence-corrected chi connectivity index (χ2v) is 4.56. The van der Waals surface area contributed by atoms with E-state index < -0.39 is 6.04 Å². The van der Waals surface area contributed by atoms with Crippen LogP contribution in [0.25, 0.3) is 0 Å². The lowest BCUT2D eigenvalue weighted by molar-refractivity contribution is -0.122. The van der Waals surface area contributed by atoms with Crippen LogP contribution in [0, 0.1) is 0 Å². The van der Waals surface area contributed by atoms with E-state index in [4.69, 9.17) is 5.73 Å². The summed E-state index contributed by atoms with van der Waals surface area (Å²) < 4.78 is 0. The van der Waals surface area contributed by atoms with Crippen LogP contribution in [0.1, 0.15) is 33.1 Å². The Morgan fingerprint density at radius 3 is 2.24 bits per heavy atom. The van der Waals surface area contributed by atoms with Crippen LogP contribution in [-0.4, -0.2) is 42.5 Å². The van der Waals surface area contributed by atoms with Gasteiger partial charge in [0.25, 0.3) is 0 Å². The molecule has 0 radical (unpaired) electrons. The van der Waals surface area contributed by atoms with Crippen molar-refractivity contribution in [2.75, 3.05) is 19.6 Å². The van der Waals surface area contributed by atoms with Crippen molar-refractivity contribution in [1.82, 2.24) is 10.2 Å². The number of carbonyl (C=O) groups excluding carboxylic acids is 1. The Hall–Kier alpha value is -0.0300. The first-order chi connectivity index (χ1) is 7.09. The third-order valence-corrected chi connectivity index (χ3v) is 2.78. The molecular formula is C11H25Cl2N3O. The van der Waals surface area contributed by atoms with Crippen LogP contribution >= 0.6 is 24.8 Å². The number of halogens is 2. The summed E-state index contributed by atoms with van der Waals surface area (Å²) in [5.41, 5.74) is 5.49. The number of likely N-dealkylation sites (tertiary alicyclic amines) is 1. The Morgan fingerprint density at radius 2 is 1.76 bits per heavy atom. The molecule has 0 spiro atoms. The molecule has 1 fully saturated rings. The monoisotopic (exact) mass is 285 g/mol. The molecule has 1 heterocycles. The largest absolute Gasteiger partial charge is 0.351 e. The summed E-state index contributed by atoms with van der Waals surface area (Å²) in [4.78, 5) is 13.8. The van der Waals surface area contributed by atoms with Gasteiger partial charge in [-0.3, -0.25) is 4.79 Å². The summed E-state index contributed by atoms with van der Waals surface area (Å²) in [6.07, 6.45) is 3.92. The average Bonchev–Trinajstić information content (AvgIpc) is 2.18. The second kappa shape index (κ2) is 9.95. The zero-order valence-electron chi connectivity index (χ0n) is 10.6. The Morgan fingerprint density at radius 1 is 1.24 bits per heavy atom. The van der Waals surface area contributed by atoms with Crippen molar-refractivity contribution in [1.29, 1.82) is 0 Å². The predicted molar refractivity (Wildman–Crippen MR) is 76.0 cm³/mol. The van der Waals surface area contributed by atoms with Crippen LogP contribution in [0.5, 0.6) is 0 Å². The Bertz CT molecular complexity index is 209. The fraction of sp³-hybridized carbons (Fsp3) is 0.909. The minimum absolute atomic E-state index is 0. The van der Waals surface area contributed by atoms with E-state index >= 15 is 0 Å². The van der Waals surface area contributed by atoms with Gasteiger partial charge in [-0.2, -0.15) is 0 Å². The van der Waals surface area contributed by atoms with Gasteiger partial charge in [-0.15, -0.1) is 24.8 Å². The quantitative estimate of drug-likeness (QED) is 0.815. The van der Waals surface area contributed by atoms with Crippen LogP contribution in [0.3, 0.4) is 0 Å². The first kappa shape index (κ1) is 19.3. The van der Waals surface area contributed by atoms with Gasteiger partial charge in [0.15, 0.2) is 0 Å². The number of nitrogens with zero attached hydrogens (tertiary/aromatic N) is 1. The second-order valence-electron chi connectivity index (χ2n) is 4.56. The molecule has 0 aliphatic carbocycles. The Balaban J connectivity index is 0. The third kappa shape index (κ3) is 7.82. The van der Waals surface area contributed by atoms with Crippen molar-refractivity contribution in [2.45, 2.75) is 45.2 Å². The van der Waals surface area contributed by atoms with Gasteiger partial charge in [-0.25, -0.2) is 0 Å². The molecule has 1 rings (SSSR count). The Labute approximate surface area is 117 Å². The zero-order valence-corrected chi connectivity index (χ0v) is 12.3. The maximum Gasteiger partial charge on any atom is 0.236 e. The van der Waals surface area contributed by atoms with Gasteiger partial charge < -0.3 is 16.0 Å². The van der Waals surface area contributed by atoms with E-state index in [1.165, 1.54) is 32.4 Å². The first-order valence-corrected chi connectivity index (χ1v) is 5.88. The van der Waals surface area contributed by atoms with Gasteiger partial charge in [0.1, 0.15) is 0 Å². The van der Waals surface area contributed by atoms with Crippen molar-refractivity contribution in [3.63, 3.8) is 0 Å². The van der Waals surface area contributed by atoms with Gasteiger partial charge in [-0.1, -0.05) is 6.42 Å². The summed E-state index contributed by atoms with van der Waals surface area (Å²) in [5, 5.41) is 2.92. The molecule has 3 N–H and O–H groups in total. The van der Waals surface area contributed by atoms with Crippen LogP contribution in [0.2, 0.25) is 0 Å². The number of amides is 1. The smallest absolute Gasteiger partial charge is 0.236 e. The molecule has 0 saturated carbocycles. The lowest BCUT2D eigenvalue weighted by atomic mass is 10.1. The maximum absolute atomic E-state index is 11.3. The molecule has 4 nitrogen and oxygen atoms in total. The van der Waals surface area contributed by atoms with Gasteiger partial charge in [0.2, 0.25) is 5.91 Å². The molecule has 104 valence electrons. The fourth-order valence-corrected chi connectivity index (χ4v) is 1.95. The molecule has 0 aromatic carbocycles. The van der Waals surface area contributed by atoms with Gasteiger partial charge >= 0.3 is 0 Å². The molecule has 0 aromatic heterocycles. The summed E-state index contributed by atoms with van der Waals surface area (Å²) in [6.45, 7) is 7.02. The molecule has 6 heteroatoms. The number of nitrogens with one attached hydrogen (secondary N) is 1. The van der Waals surface area contributed by atoms with Crippen LogP contribution < -0.4 is 11.1 Å². The van der Waals surface area contributed by atoms with Crippen molar-refractivity contribution in [3.05, 3.63) is 0 Å². The molecule has 0 aromatic rings. The van der Waals surface area contributed by atoms with Gasteiger partial charge in [0, 0.05) is 12.6 Å². The summed E-state index contributed by atoms with van der Waals surface area (Å²) >= 11 is 0. The van der Waals surface area contributed by atoms with Crippen LogP contribution in [0.4, 0.5) is 0 Å². The van der Waals surface area contributed by atoms with Crippen LogP contribution in [-0.2, 0) is 4.79 Å². The highest BCUT2D eigenvalue weighted by Crippen LogP contribution is 2.08. The van der Waals surface area contributed by atoms with Gasteiger partial charge in [0.05, 0.1) is 6.04 Å². The highest BCUT2D eigenvalue weighted by Gasteiger charge is 2.15. The number of carbonyl (C=O) groups is 1. The van der Waals surface area contributed by atoms with Crippen molar-refractivity contribution >= 4 is 30.7 Å². The lowest BCUT2D eigenvalue weighted by Crippen LogP contribution is -2.48. The van der Waals surface area contributed by atoms with Gasteiger partial charge in [-0.05, 0) is 39.8 Å². The summed E-state index contributed by atoms with van der Waals surface area (Å²) in [5.74, 6) is -0.0560. The van der Waals surface area contributed by atoms with E-state index in [1.54, 1.807) is 6.92 Å². The van der Waals surface area contributed by atoms with E-state index in [0.29, 0.717) is 0 Å². The first-order valence-electron chi connectivity index (χ1n) is 5.88. The minimum atomic E-state index is -0.409. The molecule has 1 saturated heterocycles. The molecule has 17 heavy (non-hydrogen) atoms. The van der Waals surface area contributed by atoms with Crippen LogP contribution in [0.15, 0.2) is 0 Å². The van der Waals surface area contributed by atoms with E-state index in [2.05, 4.69) is 10.2 Å². The van der Waals surface area contributed by atoms with E-state index in [9.17, 15) is 4.79 Å². The fourth-order valence-electron chi connectivity index (χ4n) is 1.95. The van der Waals surface area contributed by atoms with Crippen molar-refractivity contribution in [3.8, 4) is 0 Å². The molecule has 1 aliphatic heterocycles. The average molecular weight is 286 g/mol. The SMILES string of the molecule is CC(CN1CCCCC1)NC(=O)[C@H](C)N.Cl.Cl. The molecule has 1 aliphatic rings. The molecular weight excluding hydrogens is 261 g/mol. The molecule has 0 bridgehead atoms. The normalized spacial score (nSPS) is 19.5. The number of hydrogen-bond donors (Lipinski definition) is 2. The molecule has 1 amide bonds.